The summed E-state index contributed by atoms with van der Waals surface area (Å²) in [6.07, 6.45) is 2.69. The van der Waals surface area contributed by atoms with Crippen molar-refractivity contribution in [3.63, 3.8) is 0 Å². The fraction of sp³-hybridized carbons (Fsp3) is 0.391. The average molecular weight is 992 g/mol. The molecule has 4 amide bonds. The third-order valence-electron chi connectivity index (χ3n) is 12.6. The van der Waals surface area contributed by atoms with Gasteiger partial charge in [0.05, 0.1) is 21.7 Å². The average Bonchev–Trinajstić information content (AvgIpc) is 3.74. The van der Waals surface area contributed by atoms with Crippen LogP contribution in [-0.2, 0) is 37.2 Å². The lowest BCUT2D eigenvalue weighted by atomic mass is 9.89. The molecule has 22 heteroatoms. The number of rotatable bonds is 14. The summed E-state index contributed by atoms with van der Waals surface area (Å²) in [6.45, 7) is 4.21. The monoisotopic (exact) mass is 990 g/mol. The smallest absolute Gasteiger partial charge is 0.349 e. The van der Waals surface area contributed by atoms with Gasteiger partial charge in [0.1, 0.15) is 11.1 Å². The molecule has 6 N–H and O–H groups in total. The van der Waals surface area contributed by atoms with Crippen LogP contribution in [0.2, 0.25) is 5.02 Å². The van der Waals surface area contributed by atoms with Crippen LogP contribution in [0.1, 0.15) is 73.6 Å². The van der Waals surface area contributed by atoms with E-state index in [0.717, 1.165) is 17.0 Å². The highest BCUT2D eigenvalue weighted by atomic mass is 35.5. The molecule has 19 nitrogen and oxygen atoms in total. The number of hydrogen-bond donors (Lipinski definition) is 6. The molecule has 360 valence electrons. The first-order valence-corrected chi connectivity index (χ1v) is 24.8. The maximum absolute atomic E-state index is 14.0. The molecule has 0 saturated carbocycles. The zero-order chi connectivity index (χ0) is 48.7. The van der Waals surface area contributed by atoms with Gasteiger partial charge in [0.2, 0.25) is 21.8 Å². The van der Waals surface area contributed by atoms with Gasteiger partial charge in [-0.15, -0.1) is 11.3 Å². The number of imidazole rings is 1. The lowest BCUT2D eigenvalue weighted by Crippen LogP contribution is -2.55. The van der Waals surface area contributed by atoms with Crippen LogP contribution in [0.15, 0.2) is 71.5 Å². The molecule has 5 heterocycles. The molecule has 8 rings (SSSR count). The number of halogens is 1. The van der Waals surface area contributed by atoms with Gasteiger partial charge >= 0.3 is 23.7 Å². The topological polar surface area (TPSA) is 251 Å². The highest BCUT2D eigenvalue weighted by Gasteiger charge is 2.42. The number of piperidine rings is 3. The standard InChI is InChI=1S/C46H51ClN8O11S2/c1-46(2)23-32(49-30-9-5-7-27(21-30)40-38(47)39(66-24-37(57)58)41(67-40)43(60)61)16-19-54(46)68(64,65)25-26-6-4-8-29(20-26)50-44(62)53-17-14-28(15-18-53)48-31-10-11-33-35(22-31)52(3)45(63)55(33)34-12-13-36(56)51-42(34)59/h4-11,20-22,28,32,34,48-49H,12-19,23-25H2,1-3H3,(H,50,62)(H,57,58)(H,60,61)(H,51,56,59)/t32-,34?/m0/s1. The van der Waals surface area contributed by atoms with E-state index in [0.29, 0.717) is 77.2 Å². The van der Waals surface area contributed by atoms with Crippen molar-refractivity contribution in [2.45, 2.75) is 81.8 Å². The van der Waals surface area contributed by atoms with Gasteiger partial charge in [-0.2, -0.15) is 4.31 Å². The molecule has 68 heavy (non-hydrogen) atoms. The van der Waals surface area contributed by atoms with Crippen LogP contribution < -0.4 is 31.7 Å². The Morgan fingerprint density at radius 3 is 2.28 bits per heavy atom. The van der Waals surface area contributed by atoms with Crippen LogP contribution in [0.3, 0.4) is 0 Å². The summed E-state index contributed by atoms with van der Waals surface area (Å²) in [5.41, 5.74) is 3.22. The van der Waals surface area contributed by atoms with E-state index in [1.54, 1.807) is 60.5 Å². The van der Waals surface area contributed by atoms with Crippen molar-refractivity contribution < 1.29 is 47.3 Å². The summed E-state index contributed by atoms with van der Waals surface area (Å²) in [5, 5.41) is 31.0. The second kappa shape index (κ2) is 19.3. The first kappa shape index (κ1) is 48.1. The van der Waals surface area contributed by atoms with Crippen molar-refractivity contribution in [2.75, 3.05) is 42.2 Å². The van der Waals surface area contributed by atoms with Crippen LogP contribution in [0.25, 0.3) is 21.5 Å². The number of carboxylic acids is 2. The lowest BCUT2D eigenvalue weighted by Gasteiger charge is -2.45. The molecule has 0 radical (unpaired) electrons. The van der Waals surface area contributed by atoms with Crippen molar-refractivity contribution in [1.82, 2.24) is 23.7 Å². The second-order valence-corrected chi connectivity index (χ2v) is 21.2. The van der Waals surface area contributed by atoms with Gasteiger partial charge in [-0.25, -0.2) is 27.6 Å². The van der Waals surface area contributed by atoms with E-state index in [9.17, 15) is 42.3 Å². The van der Waals surface area contributed by atoms with E-state index in [2.05, 4.69) is 21.3 Å². The van der Waals surface area contributed by atoms with Crippen molar-refractivity contribution in [3.05, 3.63) is 92.7 Å². The number of aryl methyl sites for hydroxylation is 1. The van der Waals surface area contributed by atoms with Crippen LogP contribution >= 0.6 is 22.9 Å². The number of thiophene rings is 1. The second-order valence-electron chi connectivity index (χ2n) is 17.9. The molecule has 2 aromatic heterocycles. The Labute approximate surface area is 400 Å². The van der Waals surface area contributed by atoms with Gasteiger partial charge in [0.25, 0.3) is 0 Å². The van der Waals surface area contributed by atoms with Crippen molar-refractivity contribution >= 4 is 90.8 Å². The van der Waals surface area contributed by atoms with Gasteiger partial charge in [-0.05, 0) is 99.5 Å². The zero-order valence-electron chi connectivity index (χ0n) is 37.4. The van der Waals surface area contributed by atoms with Crippen molar-refractivity contribution in [2.24, 2.45) is 7.05 Å². The van der Waals surface area contributed by atoms with Gasteiger partial charge in [-0.1, -0.05) is 35.9 Å². The minimum Gasteiger partial charge on any atom is -0.479 e. The number of sulfonamides is 1. The van der Waals surface area contributed by atoms with E-state index in [1.807, 2.05) is 32.0 Å². The molecule has 3 fully saturated rings. The third-order valence-corrected chi connectivity index (χ3v) is 16.3. The zero-order valence-corrected chi connectivity index (χ0v) is 39.8. The Balaban J connectivity index is 0.839. The maximum atomic E-state index is 14.0. The number of nitrogens with zero attached hydrogens (tertiary/aromatic N) is 4. The summed E-state index contributed by atoms with van der Waals surface area (Å²) in [7, 11) is -2.16. The molecule has 1 unspecified atom stereocenters. The molecule has 0 bridgehead atoms. The number of amides is 4. The number of aliphatic carboxylic acids is 1. The molecule has 3 aromatic carbocycles. The first-order valence-electron chi connectivity index (χ1n) is 22.0. The number of imide groups is 1. The number of likely N-dealkylation sites (tertiary alicyclic amines) is 1. The summed E-state index contributed by atoms with van der Waals surface area (Å²) in [5.74, 6) is -3.89. The Morgan fingerprint density at radius 1 is 0.882 bits per heavy atom. The number of ether oxygens (including phenoxy) is 1. The number of urea groups is 1. The quantitative estimate of drug-likeness (QED) is 0.0684. The molecule has 2 atom stereocenters. The number of hydrogen-bond acceptors (Lipinski definition) is 12. The van der Waals surface area contributed by atoms with E-state index in [-0.39, 0.29) is 70.5 Å². The number of fused-ring (bicyclic) bond motifs is 1. The van der Waals surface area contributed by atoms with Gasteiger partial charge in [0, 0.05) is 67.8 Å². The van der Waals surface area contributed by atoms with E-state index >= 15 is 0 Å². The Bertz CT molecular complexity index is 3000. The van der Waals surface area contributed by atoms with Crippen molar-refractivity contribution in [1.29, 1.82) is 0 Å². The number of aromatic carboxylic acids is 1. The normalized spacial score (nSPS) is 19.1. The maximum Gasteiger partial charge on any atom is 0.349 e. The van der Waals surface area contributed by atoms with Crippen molar-refractivity contribution in [3.8, 4) is 16.2 Å². The van der Waals surface area contributed by atoms with Crippen LogP contribution in [0.4, 0.5) is 21.9 Å². The molecule has 0 spiro atoms. The number of aromatic nitrogens is 2. The predicted octanol–water partition coefficient (Wildman–Crippen LogP) is 6.15. The van der Waals surface area contributed by atoms with E-state index in [4.69, 9.17) is 21.4 Å². The lowest BCUT2D eigenvalue weighted by molar-refractivity contribution is -0.139. The molecule has 0 aliphatic carbocycles. The number of carbonyl (C=O) groups excluding carboxylic acids is 3. The molecule has 5 aromatic rings. The predicted molar refractivity (Wildman–Crippen MR) is 257 cm³/mol. The van der Waals surface area contributed by atoms with Crippen LogP contribution in [0, 0.1) is 0 Å². The Morgan fingerprint density at radius 2 is 1.57 bits per heavy atom. The fourth-order valence-corrected chi connectivity index (χ4v) is 12.7. The SMILES string of the molecule is Cn1c(=O)n(C2CCC(=O)NC2=O)c2ccc(NC3CCN(C(=O)Nc4cccc(CS(=O)(=O)N5CC[C@H](Nc6cccc(-c7sc(C(=O)O)c(OCC(=O)O)c7Cl)c6)CC5(C)C)c4)CC3)cc21. The molecule has 3 saturated heterocycles. The van der Waals surface area contributed by atoms with Crippen LogP contribution in [0.5, 0.6) is 5.75 Å². The number of carbonyl (C=O) groups is 5. The largest absolute Gasteiger partial charge is 0.479 e. The minimum absolute atomic E-state index is 0.00364. The van der Waals surface area contributed by atoms with Crippen LogP contribution in [-0.4, -0.2) is 111 Å². The Hall–Kier alpha value is -6.42. The highest BCUT2D eigenvalue weighted by molar-refractivity contribution is 7.88. The number of carboxylic acid groups (broad SMARTS) is 2. The van der Waals surface area contributed by atoms with Gasteiger partial charge < -0.3 is 35.8 Å². The molecular weight excluding hydrogens is 940 g/mol. The molecule has 3 aliphatic heterocycles. The van der Waals surface area contributed by atoms with E-state index in [1.165, 1.54) is 13.4 Å². The van der Waals surface area contributed by atoms with Gasteiger partial charge in [0.15, 0.2) is 17.2 Å². The summed E-state index contributed by atoms with van der Waals surface area (Å²) in [4.78, 5) is 75.8. The summed E-state index contributed by atoms with van der Waals surface area (Å²) in [6, 6.07) is 18.4. The Kier molecular flexibility index (Phi) is 13.6. The third kappa shape index (κ3) is 10.2. The first-order chi connectivity index (χ1) is 32.3. The molecular formula is C46H51ClN8O11S2. The number of anilines is 3. The molecule has 3 aliphatic rings. The minimum atomic E-state index is -3.81. The highest BCUT2D eigenvalue weighted by Crippen LogP contribution is 2.46. The number of nitrogens with one attached hydrogen (secondary N) is 4. The van der Waals surface area contributed by atoms with E-state index < -0.39 is 46.1 Å². The van der Waals surface area contributed by atoms with Gasteiger partial charge in [-0.3, -0.25) is 24.0 Å². The number of benzene rings is 3. The summed E-state index contributed by atoms with van der Waals surface area (Å²) < 4.78 is 37.7. The summed E-state index contributed by atoms with van der Waals surface area (Å²) >= 11 is 7.40. The fourth-order valence-electron chi connectivity index (χ4n) is 9.37.